The Labute approximate surface area is 201 Å². The molecule has 5 nitrogen and oxygen atoms in total. The van der Waals surface area contributed by atoms with Crippen molar-refractivity contribution in [3.05, 3.63) is 9.67 Å². The topological polar surface area (TPSA) is 64.6 Å². The Morgan fingerprint density at radius 1 is 0.969 bits per heavy atom. The minimum atomic E-state index is -2.38. The van der Waals surface area contributed by atoms with Crippen LogP contribution in [0.1, 0.15) is 106 Å². The zero-order chi connectivity index (χ0) is 24.3. The molecule has 0 aliphatic heterocycles. The molecule has 0 heterocycles. The first kappa shape index (κ1) is 29.3. The van der Waals surface area contributed by atoms with Crippen molar-refractivity contribution >= 4 is 30.4 Å². The summed E-state index contributed by atoms with van der Waals surface area (Å²) in [5.74, 6) is -0.361. The van der Waals surface area contributed by atoms with E-state index in [1.165, 1.54) is 64.5 Å². The molecule has 0 aromatic carbocycles. The number of methoxy groups -OCH3 is 1. The van der Waals surface area contributed by atoms with Gasteiger partial charge in [0.05, 0.1) is 0 Å². The van der Waals surface area contributed by atoms with Gasteiger partial charge >= 0.3 is 202 Å². The van der Waals surface area contributed by atoms with Gasteiger partial charge in [-0.1, -0.05) is 0 Å². The molecule has 6 heteroatoms. The summed E-state index contributed by atoms with van der Waals surface area (Å²) in [7, 11) is 1.40. The maximum absolute atomic E-state index is 12.7. The molecule has 1 rings (SSSR count). The summed E-state index contributed by atoms with van der Waals surface area (Å²) in [5.41, 5.74) is -0.0646. The van der Waals surface area contributed by atoms with Crippen LogP contribution in [-0.4, -0.2) is 48.7 Å². The molecule has 0 aromatic heterocycles. The van der Waals surface area contributed by atoms with E-state index in [1.54, 1.807) is 0 Å². The first-order valence-corrected chi connectivity index (χ1v) is 20.6. The van der Waals surface area contributed by atoms with E-state index in [0.29, 0.717) is 12.8 Å². The van der Waals surface area contributed by atoms with Crippen molar-refractivity contribution in [2.45, 2.75) is 130 Å². The fourth-order valence-corrected chi connectivity index (χ4v) is 20.6. The van der Waals surface area contributed by atoms with Crippen LogP contribution in [0.2, 0.25) is 13.3 Å². The van der Waals surface area contributed by atoms with Crippen LogP contribution in [0.25, 0.3) is 0 Å². The number of nitrogens with one attached hydrogen (secondary N) is 1. The Morgan fingerprint density at radius 3 is 1.81 bits per heavy atom. The first-order chi connectivity index (χ1) is 15.0. The average molecular weight is 558 g/mol. The van der Waals surface area contributed by atoms with Crippen LogP contribution in [-0.2, 0) is 14.3 Å². The second kappa shape index (κ2) is 13.9. The molecule has 1 aliphatic carbocycles. The van der Waals surface area contributed by atoms with E-state index in [4.69, 9.17) is 9.47 Å². The van der Waals surface area contributed by atoms with Crippen LogP contribution < -0.4 is 5.32 Å². The van der Waals surface area contributed by atoms with Gasteiger partial charge in [0.15, 0.2) is 0 Å². The Morgan fingerprint density at radius 2 is 1.44 bits per heavy atom. The molecule has 0 unspecified atom stereocenters. The maximum atomic E-state index is 12.7. The Hall–Kier alpha value is -0.721. The number of allylic oxidation sites excluding steroid dienone is 1. The van der Waals surface area contributed by atoms with Crippen LogP contribution in [0, 0.1) is 0 Å². The molecule has 1 aliphatic rings. The number of unbranched alkanes of at least 4 members (excludes halogenated alkanes) is 3. The molecule has 1 fully saturated rings. The minimum absolute atomic E-state index is 0.361. The number of rotatable bonds is 12. The van der Waals surface area contributed by atoms with Gasteiger partial charge in [0.2, 0.25) is 0 Å². The molecular weight excluding hydrogens is 509 g/mol. The number of hydrogen-bond acceptors (Lipinski definition) is 4. The summed E-state index contributed by atoms with van der Waals surface area (Å²) in [4.78, 5) is 25.2. The van der Waals surface area contributed by atoms with E-state index in [9.17, 15) is 9.59 Å². The number of hydrogen-bond donors (Lipinski definition) is 1. The average Bonchev–Trinajstić information content (AvgIpc) is 2.74. The van der Waals surface area contributed by atoms with Gasteiger partial charge in [0.25, 0.3) is 0 Å². The molecule has 0 radical (unpaired) electrons. The van der Waals surface area contributed by atoms with Crippen molar-refractivity contribution < 1.29 is 19.1 Å². The van der Waals surface area contributed by atoms with Crippen molar-refractivity contribution in [2.75, 3.05) is 7.11 Å². The molecule has 186 valence electrons. The SMILES string of the molecule is CCC[CH2][Sn]([CH]=C1CCC(NC(=O)OC(C)(C)C)(C(=O)OC)CC1)([CH2]CCC)[CH2]CCC. The number of carbonyl (C=O) groups is 2. The van der Waals surface area contributed by atoms with Crippen molar-refractivity contribution in [1.29, 1.82) is 0 Å². The van der Waals surface area contributed by atoms with E-state index in [0.717, 1.165) is 12.8 Å². The molecule has 0 saturated heterocycles. The van der Waals surface area contributed by atoms with Gasteiger partial charge in [-0.05, 0) is 0 Å². The summed E-state index contributed by atoms with van der Waals surface area (Å²) in [6, 6.07) is 0. The summed E-state index contributed by atoms with van der Waals surface area (Å²) in [6.07, 6.45) is 10.2. The molecule has 32 heavy (non-hydrogen) atoms. The van der Waals surface area contributed by atoms with Crippen molar-refractivity contribution in [2.24, 2.45) is 0 Å². The van der Waals surface area contributed by atoms with E-state index < -0.39 is 35.6 Å². The monoisotopic (exact) mass is 559 g/mol. The van der Waals surface area contributed by atoms with Crippen LogP contribution in [0.4, 0.5) is 4.79 Å². The van der Waals surface area contributed by atoms with Crippen LogP contribution in [0.3, 0.4) is 0 Å². The van der Waals surface area contributed by atoms with Gasteiger partial charge in [-0.25, -0.2) is 0 Å². The predicted molar refractivity (Wildman–Crippen MR) is 136 cm³/mol. The second-order valence-corrected chi connectivity index (χ2v) is 23.6. The summed E-state index contributed by atoms with van der Waals surface area (Å²) in [5, 5.41) is 2.88. The predicted octanol–water partition coefficient (Wildman–Crippen LogP) is 7.31. The molecule has 0 bridgehead atoms. The molecule has 1 amide bonds. The Kier molecular flexibility index (Phi) is 12.7. The van der Waals surface area contributed by atoms with Gasteiger partial charge < -0.3 is 0 Å². The van der Waals surface area contributed by atoms with Crippen molar-refractivity contribution in [1.82, 2.24) is 5.32 Å². The van der Waals surface area contributed by atoms with E-state index in [1.807, 2.05) is 20.8 Å². The van der Waals surface area contributed by atoms with Crippen LogP contribution in [0.15, 0.2) is 9.67 Å². The number of carbonyl (C=O) groups excluding carboxylic acids is 2. The first-order valence-electron chi connectivity index (χ1n) is 12.9. The second-order valence-electron chi connectivity index (χ2n) is 10.7. The standard InChI is InChI=1S/C14H22NO4.3C4H9.Sn/c1-10-6-8-14(9-7-10,11(16)18-5)15-12(17)19-13(2,3)4;3*1-3-4-2;/h1H,6-9H2,2-5H3,(H,15,17);3*1,3-4H2,2H3;. The third kappa shape index (κ3) is 9.64. The molecule has 0 atom stereocenters. The molecule has 1 N–H and O–H groups in total. The van der Waals surface area contributed by atoms with Gasteiger partial charge in [-0.2, -0.15) is 0 Å². The molecular formula is C26H49NO4Sn. The Balaban J connectivity index is 3.06. The summed E-state index contributed by atoms with van der Waals surface area (Å²) >= 11 is -2.38. The fraction of sp³-hybridized carbons (Fsp3) is 0.846. The van der Waals surface area contributed by atoms with Crippen molar-refractivity contribution in [3.8, 4) is 0 Å². The van der Waals surface area contributed by atoms with Gasteiger partial charge in [0, 0.05) is 0 Å². The number of esters is 1. The third-order valence-corrected chi connectivity index (χ3v) is 21.1. The molecule has 0 spiro atoms. The van der Waals surface area contributed by atoms with Gasteiger partial charge in [-0.3, -0.25) is 0 Å². The number of ether oxygens (including phenoxy) is 2. The zero-order valence-corrected chi connectivity index (χ0v) is 24.8. The fourth-order valence-electron chi connectivity index (χ4n) is 4.83. The van der Waals surface area contributed by atoms with Gasteiger partial charge in [0.1, 0.15) is 0 Å². The summed E-state index contributed by atoms with van der Waals surface area (Å²) < 4.78 is 17.7. The quantitative estimate of drug-likeness (QED) is 0.202. The number of alkyl carbamates (subject to hydrolysis) is 1. The Bertz CT molecular complexity index is 592. The summed E-state index contributed by atoms with van der Waals surface area (Å²) in [6.45, 7) is 12.4. The normalized spacial score (nSPS) is 19.4. The van der Waals surface area contributed by atoms with Gasteiger partial charge in [-0.15, -0.1) is 0 Å². The van der Waals surface area contributed by atoms with Crippen LogP contribution in [0.5, 0.6) is 0 Å². The van der Waals surface area contributed by atoms with E-state index >= 15 is 0 Å². The third-order valence-electron chi connectivity index (χ3n) is 6.66. The molecule has 0 aromatic rings. The van der Waals surface area contributed by atoms with Crippen LogP contribution >= 0.6 is 0 Å². The van der Waals surface area contributed by atoms with Crippen molar-refractivity contribution in [3.63, 3.8) is 0 Å². The number of amides is 1. The zero-order valence-electron chi connectivity index (χ0n) is 21.9. The van der Waals surface area contributed by atoms with E-state index in [2.05, 4.69) is 30.2 Å². The van der Waals surface area contributed by atoms with E-state index in [-0.39, 0.29) is 5.97 Å². The molecule has 1 saturated carbocycles.